The summed E-state index contributed by atoms with van der Waals surface area (Å²) in [5, 5.41) is 2.81. The Bertz CT molecular complexity index is 698. The molecule has 2 heterocycles. The number of hydrogen-bond donors (Lipinski definition) is 1. The Kier molecular flexibility index (Phi) is 6.24. The molecule has 0 saturated carbocycles. The third-order valence-corrected chi connectivity index (χ3v) is 4.26. The lowest BCUT2D eigenvalue weighted by Crippen LogP contribution is -2.31. The maximum Gasteiger partial charge on any atom is 0.254 e. The molecule has 0 spiro atoms. The number of benzene rings is 1. The van der Waals surface area contributed by atoms with Gasteiger partial charge < -0.3 is 19.7 Å². The van der Waals surface area contributed by atoms with E-state index >= 15 is 0 Å². The molecule has 1 N–H and O–H groups in total. The highest BCUT2D eigenvalue weighted by atomic mass is 16.5. The molecule has 7 nitrogen and oxygen atoms in total. The lowest BCUT2D eigenvalue weighted by atomic mass is 10.1. The van der Waals surface area contributed by atoms with Gasteiger partial charge in [0, 0.05) is 25.5 Å². The summed E-state index contributed by atoms with van der Waals surface area (Å²) in [5.41, 5.74) is 0.454. The van der Waals surface area contributed by atoms with Gasteiger partial charge in [-0.3, -0.25) is 4.79 Å². The predicted octanol–water partition coefficient (Wildman–Crippen LogP) is 2.28. The Hall–Kier alpha value is -2.83. The van der Waals surface area contributed by atoms with E-state index in [1.165, 1.54) is 19.3 Å². The molecule has 0 radical (unpaired) electrons. The van der Waals surface area contributed by atoms with Gasteiger partial charge in [0.1, 0.15) is 18.1 Å². The highest BCUT2D eigenvalue weighted by Gasteiger charge is 2.14. The molecule has 1 aliphatic heterocycles. The minimum Gasteiger partial charge on any atom is -0.497 e. The van der Waals surface area contributed by atoms with Crippen molar-refractivity contribution in [2.45, 2.75) is 19.3 Å². The second-order valence-electron chi connectivity index (χ2n) is 6.10. The summed E-state index contributed by atoms with van der Waals surface area (Å²) in [6, 6.07) is 7.31. The van der Waals surface area contributed by atoms with Crippen LogP contribution in [-0.2, 0) is 0 Å². The van der Waals surface area contributed by atoms with Crippen molar-refractivity contribution in [3.05, 3.63) is 42.2 Å². The first-order valence-electron chi connectivity index (χ1n) is 8.88. The first-order valence-corrected chi connectivity index (χ1v) is 8.88. The molecule has 26 heavy (non-hydrogen) atoms. The zero-order valence-corrected chi connectivity index (χ0v) is 15.0. The number of piperidine rings is 1. The number of rotatable bonds is 7. The van der Waals surface area contributed by atoms with Crippen molar-refractivity contribution in [3.63, 3.8) is 0 Å². The zero-order chi connectivity index (χ0) is 18.2. The monoisotopic (exact) mass is 356 g/mol. The molecule has 1 aromatic carbocycles. The van der Waals surface area contributed by atoms with Gasteiger partial charge in [-0.1, -0.05) is 0 Å². The quantitative estimate of drug-likeness (QED) is 0.767. The van der Waals surface area contributed by atoms with Crippen LogP contribution in [-0.4, -0.2) is 49.2 Å². The Labute approximate surface area is 153 Å². The van der Waals surface area contributed by atoms with E-state index < -0.39 is 0 Å². The molecule has 0 unspecified atom stereocenters. The fourth-order valence-electron chi connectivity index (χ4n) is 2.80. The van der Waals surface area contributed by atoms with Crippen LogP contribution in [0.25, 0.3) is 0 Å². The van der Waals surface area contributed by atoms with Crippen LogP contribution in [0.2, 0.25) is 0 Å². The molecule has 7 heteroatoms. The van der Waals surface area contributed by atoms with Crippen molar-refractivity contribution in [2.24, 2.45) is 0 Å². The van der Waals surface area contributed by atoms with E-state index in [2.05, 4.69) is 20.2 Å². The minimum atomic E-state index is -0.200. The number of aromatic nitrogens is 2. The highest BCUT2D eigenvalue weighted by molar-refractivity contribution is 5.93. The second-order valence-corrected chi connectivity index (χ2v) is 6.10. The lowest BCUT2D eigenvalue weighted by molar-refractivity contribution is 0.0946. The van der Waals surface area contributed by atoms with Gasteiger partial charge in [-0.25, -0.2) is 9.97 Å². The summed E-state index contributed by atoms with van der Waals surface area (Å²) >= 11 is 0. The van der Waals surface area contributed by atoms with Crippen LogP contribution in [0.1, 0.15) is 29.6 Å². The van der Waals surface area contributed by atoms with Gasteiger partial charge >= 0.3 is 0 Å². The van der Waals surface area contributed by atoms with Crippen molar-refractivity contribution < 1.29 is 14.3 Å². The molecule has 1 aliphatic rings. The van der Waals surface area contributed by atoms with Gasteiger partial charge in [0.25, 0.3) is 5.91 Å². The lowest BCUT2D eigenvalue weighted by Gasteiger charge is -2.26. The number of nitrogens with one attached hydrogen (secondary N) is 1. The molecule has 1 fully saturated rings. The van der Waals surface area contributed by atoms with E-state index in [0.29, 0.717) is 24.7 Å². The molecule has 1 saturated heterocycles. The second kappa shape index (κ2) is 9.03. The van der Waals surface area contributed by atoms with Crippen LogP contribution in [0.3, 0.4) is 0 Å². The van der Waals surface area contributed by atoms with Gasteiger partial charge in [0.2, 0.25) is 5.95 Å². The van der Waals surface area contributed by atoms with Crippen molar-refractivity contribution in [1.29, 1.82) is 0 Å². The van der Waals surface area contributed by atoms with E-state index in [1.807, 2.05) is 24.3 Å². The molecule has 2 aromatic rings. The fourth-order valence-corrected chi connectivity index (χ4v) is 2.80. The summed E-state index contributed by atoms with van der Waals surface area (Å²) in [7, 11) is 1.62. The van der Waals surface area contributed by atoms with Crippen molar-refractivity contribution in [2.75, 3.05) is 38.3 Å². The zero-order valence-electron chi connectivity index (χ0n) is 15.0. The number of nitrogens with zero attached hydrogens (tertiary/aromatic N) is 3. The summed E-state index contributed by atoms with van der Waals surface area (Å²) in [4.78, 5) is 23.0. The van der Waals surface area contributed by atoms with Gasteiger partial charge in [-0.2, -0.15) is 0 Å². The van der Waals surface area contributed by atoms with E-state index in [4.69, 9.17) is 9.47 Å². The molecule has 1 amide bonds. The molecule has 0 atom stereocenters. The number of amides is 1. The maximum atomic E-state index is 12.2. The number of carbonyl (C=O) groups excluding carboxylic acids is 1. The third-order valence-electron chi connectivity index (χ3n) is 4.26. The van der Waals surface area contributed by atoms with Crippen LogP contribution in [0.15, 0.2) is 36.7 Å². The molecule has 0 bridgehead atoms. The van der Waals surface area contributed by atoms with Gasteiger partial charge in [0.15, 0.2) is 0 Å². The number of ether oxygens (including phenoxy) is 2. The van der Waals surface area contributed by atoms with Gasteiger partial charge in [0.05, 0.1) is 19.2 Å². The highest BCUT2D eigenvalue weighted by Crippen LogP contribution is 2.17. The van der Waals surface area contributed by atoms with Crippen LogP contribution in [0.5, 0.6) is 11.5 Å². The van der Waals surface area contributed by atoms with Crippen LogP contribution >= 0.6 is 0 Å². The normalized spacial score (nSPS) is 14.0. The third kappa shape index (κ3) is 4.84. The van der Waals surface area contributed by atoms with Crippen molar-refractivity contribution in [1.82, 2.24) is 15.3 Å². The summed E-state index contributed by atoms with van der Waals surface area (Å²) < 4.78 is 10.7. The topological polar surface area (TPSA) is 76.6 Å². The van der Waals surface area contributed by atoms with Gasteiger partial charge in [-0.15, -0.1) is 0 Å². The summed E-state index contributed by atoms with van der Waals surface area (Å²) in [6.07, 6.45) is 6.75. The summed E-state index contributed by atoms with van der Waals surface area (Å²) in [6.45, 7) is 2.74. The number of carbonyl (C=O) groups is 1. The maximum absolute atomic E-state index is 12.2. The molecule has 3 rings (SSSR count). The van der Waals surface area contributed by atoms with E-state index in [-0.39, 0.29) is 5.91 Å². The first kappa shape index (κ1) is 18.0. The van der Waals surface area contributed by atoms with Crippen LogP contribution < -0.4 is 19.7 Å². The fraction of sp³-hybridized carbons (Fsp3) is 0.421. The summed E-state index contributed by atoms with van der Waals surface area (Å²) in [5.74, 6) is 2.01. The largest absolute Gasteiger partial charge is 0.497 e. The Morgan fingerprint density at radius 1 is 1.08 bits per heavy atom. The Morgan fingerprint density at radius 3 is 2.38 bits per heavy atom. The molecule has 138 valence electrons. The van der Waals surface area contributed by atoms with Gasteiger partial charge in [-0.05, 0) is 43.5 Å². The minimum absolute atomic E-state index is 0.200. The predicted molar refractivity (Wildman–Crippen MR) is 98.9 cm³/mol. The SMILES string of the molecule is COc1ccc(OCCNC(=O)c2cnc(N3CCCCC3)nc2)cc1. The average molecular weight is 356 g/mol. The number of hydrogen-bond acceptors (Lipinski definition) is 6. The van der Waals surface area contributed by atoms with E-state index in [1.54, 1.807) is 19.5 Å². The standard InChI is InChI=1S/C19H24N4O3/c1-25-16-5-7-17(8-6-16)26-12-9-20-18(24)15-13-21-19(22-14-15)23-10-3-2-4-11-23/h5-8,13-14H,2-4,9-12H2,1H3,(H,20,24). The van der Waals surface area contributed by atoms with Crippen molar-refractivity contribution >= 4 is 11.9 Å². The first-order chi connectivity index (χ1) is 12.8. The average Bonchev–Trinajstić information content (AvgIpc) is 2.72. The molecule has 0 aliphatic carbocycles. The van der Waals surface area contributed by atoms with Crippen LogP contribution in [0, 0.1) is 0 Å². The molecular weight excluding hydrogens is 332 g/mol. The Morgan fingerprint density at radius 2 is 1.73 bits per heavy atom. The van der Waals surface area contributed by atoms with E-state index in [0.717, 1.165) is 24.6 Å². The van der Waals surface area contributed by atoms with Crippen molar-refractivity contribution in [3.8, 4) is 11.5 Å². The molecule has 1 aromatic heterocycles. The molecular formula is C19H24N4O3. The number of methoxy groups -OCH3 is 1. The van der Waals surface area contributed by atoms with E-state index in [9.17, 15) is 4.79 Å². The Balaban J connectivity index is 1.42. The van der Waals surface area contributed by atoms with Crippen LogP contribution in [0.4, 0.5) is 5.95 Å². The number of anilines is 1. The smallest absolute Gasteiger partial charge is 0.254 e.